The average molecular weight is 291 g/mol. The summed E-state index contributed by atoms with van der Waals surface area (Å²) in [4.78, 5) is 10.5. The number of hydrogen-bond donors (Lipinski definition) is 0. The Morgan fingerprint density at radius 1 is 1.50 bits per heavy atom. The van der Waals surface area contributed by atoms with Gasteiger partial charge in [0.1, 0.15) is 5.75 Å². The molecule has 1 N–H and O–H groups in total. The van der Waals surface area contributed by atoms with Gasteiger partial charge in [-0.15, -0.1) is 0 Å². The van der Waals surface area contributed by atoms with Gasteiger partial charge in [0, 0.05) is 5.56 Å². The van der Waals surface area contributed by atoms with E-state index in [1.807, 2.05) is 0 Å². The Labute approximate surface area is 104 Å². The van der Waals surface area contributed by atoms with Crippen molar-refractivity contribution in [2.24, 2.45) is 0 Å². The van der Waals surface area contributed by atoms with E-state index < -0.39 is 5.91 Å². The first-order valence-corrected chi connectivity index (χ1v) is 3.14. The van der Waals surface area contributed by atoms with Crippen molar-refractivity contribution < 1.29 is 50.8 Å². The summed E-state index contributed by atoms with van der Waals surface area (Å²) in [5.41, 5.74) is 7.15. The number of benzene rings is 1. The van der Waals surface area contributed by atoms with Crippen LogP contribution in [0, 0.1) is 41.3 Å². The molecule has 4 heteroatoms. The Kier molecular flexibility index (Phi) is 5.42. The second-order valence-corrected chi connectivity index (χ2v) is 2.06. The molecule has 0 bridgehead atoms. The van der Waals surface area contributed by atoms with E-state index >= 15 is 0 Å². The average Bonchev–Trinajstić information content (AvgIpc) is 2.05. The molecule has 1 amide bonds. The summed E-state index contributed by atoms with van der Waals surface area (Å²) in [5, 5.41) is 0. The van der Waals surface area contributed by atoms with Crippen molar-refractivity contribution in [1.29, 1.82) is 0 Å². The Morgan fingerprint density at radius 2 is 2.17 bits per heavy atom. The van der Waals surface area contributed by atoms with E-state index in [1.54, 1.807) is 18.2 Å². The molecule has 0 aromatic heterocycles. The van der Waals surface area contributed by atoms with Crippen LogP contribution in [0.5, 0.6) is 5.75 Å². The zero-order valence-electron chi connectivity index (χ0n) is 6.70. The third-order valence-electron chi connectivity index (χ3n) is 1.33. The number of carbonyl (C=O) groups is 1. The third kappa shape index (κ3) is 3.07. The van der Waals surface area contributed by atoms with Crippen LogP contribution in [0.15, 0.2) is 24.3 Å². The number of ether oxygens (including phenoxy) is 1. The second-order valence-electron chi connectivity index (χ2n) is 2.06. The van der Waals surface area contributed by atoms with Crippen molar-refractivity contribution in [3.8, 4) is 5.75 Å². The number of amides is 1. The molecule has 0 atom stereocenters. The fraction of sp³-hybridized carbons (Fsp3) is 0.125. The Bertz CT molecular complexity index is 276. The van der Waals surface area contributed by atoms with E-state index in [1.165, 1.54) is 13.2 Å². The zero-order valence-corrected chi connectivity index (χ0v) is 10.4. The third-order valence-corrected chi connectivity index (χ3v) is 1.33. The Hall–Kier alpha value is -0.146. The van der Waals surface area contributed by atoms with Gasteiger partial charge >= 0.3 is 41.3 Å². The number of carbonyl (C=O) groups excluding carboxylic acids is 1. The van der Waals surface area contributed by atoms with Crippen molar-refractivity contribution >= 4 is 5.91 Å². The molecule has 0 aliphatic rings. The normalized spacial score (nSPS) is 8.42. The first kappa shape index (κ1) is 11.9. The summed E-state index contributed by atoms with van der Waals surface area (Å²) >= 11 is 0. The molecule has 12 heavy (non-hydrogen) atoms. The number of rotatable bonds is 2. The van der Waals surface area contributed by atoms with Gasteiger partial charge in [-0.3, -0.25) is 0 Å². The SMILES string of the molecule is COc1cccc(C([NH-])=O)c1.[Pr+3]. The van der Waals surface area contributed by atoms with Crippen LogP contribution in [0.1, 0.15) is 10.4 Å². The van der Waals surface area contributed by atoms with Gasteiger partial charge in [0.15, 0.2) is 0 Å². The molecular weight excluding hydrogens is 283 g/mol. The fourth-order valence-corrected chi connectivity index (χ4v) is 0.764. The monoisotopic (exact) mass is 291 g/mol. The van der Waals surface area contributed by atoms with Crippen LogP contribution in [0.25, 0.3) is 5.73 Å². The molecule has 0 radical (unpaired) electrons. The smallest absolute Gasteiger partial charge is 0.664 e. The summed E-state index contributed by atoms with van der Waals surface area (Å²) in [5.74, 6) is -0.0907. The van der Waals surface area contributed by atoms with E-state index in [0.717, 1.165) is 0 Å². The molecule has 0 heterocycles. The molecule has 0 saturated carbocycles. The summed E-state index contributed by atoms with van der Waals surface area (Å²) < 4.78 is 4.87. The van der Waals surface area contributed by atoms with Gasteiger partial charge in [-0.1, -0.05) is 12.1 Å². The first-order valence-electron chi connectivity index (χ1n) is 3.14. The summed E-state index contributed by atoms with van der Waals surface area (Å²) in [7, 11) is 1.52. The molecular formula is C8H8NO2Pr+2. The van der Waals surface area contributed by atoms with Gasteiger partial charge in [-0.25, -0.2) is 0 Å². The standard InChI is InChI=1S/C8H9NO2.Pr/c1-11-7-4-2-3-6(5-7)8(9)10;/h2-5H,1H3,(H2,9,10);/q;+3/p-1. The van der Waals surface area contributed by atoms with Crippen molar-refractivity contribution in [3.05, 3.63) is 35.6 Å². The van der Waals surface area contributed by atoms with Crippen molar-refractivity contribution in [1.82, 2.24) is 0 Å². The molecule has 1 aromatic carbocycles. The Balaban J connectivity index is 0.00000121. The summed E-state index contributed by atoms with van der Waals surface area (Å²) in [6, 6.07) is 6.53. The maximum absolute atomic E-state index is 10.5. The molecule has 0 aliphatic carbocycles. The van der Waals surface area contributed by atoms with Crippen LogP contribution in [0.4, 0.5) is 0 Å². The van der Waals surface area contributed by atoms with Crippen LogP contribution >= 0.6 is 0 Å². The fourth-order valence-electron chi connectivity index (χ4n) is 0.764. The molecule has 1 rings (SSSR count). The molecule has 1 aromatic rings. The largest absolute Gasteiger partial charge is 3.00 e. The van der Waals surface area contributed by atoms with E-state index in [4.69, 9.17) is 10.5 Å². The molecule has 0 fully saturated rings. The minimum Gasteiger partial charge on any atom is -0.664 e. The van der Waals surface area contributed by atoms with Crippen molar-refractivity contribution in [3.63, 3.8) is 0 Å². The zero-order chi connectivity index (χ0) is 8.27. The topological polar surface area (TPSA) is 50.1 Å². The van der Waals surface area contributed by atoms with Gasteiger partial charge in [0.2, 0.25) is 0 Å². The molecule has 0 saturated heterocycles. The van der Waals surface area contributed by atoms with Crippen LogP contribution in [0.2, 0.25) is 0 Å². The van der Waals surface area contributed by atoms with Gasteiger partial charge in [-0.2, -0.15) is 0 Å². The predicted octanol–water partition coefficient (Wildman–Crippen LogP) is 1.89. The maximum atomic E-state index is 10.5. The number of methoxy groups -OCH3 is 1. The van der Waals surface area contributed by atoms with Gasteiger partial charge in [-0.05, 0) is 12.1 Å². The van der Waals surface area contributed by atoms with E-state index in [2.05, 4.69) is 0 Å². The molecule has 0 spiro atoms. The summed E-state index contributed by atoms with van der Waals surface area (Å²) in [6.07, 6.45) is 0. The van der Waals surface area contributed by atoms with Crippen LogP contribution in [-0.2, 0) is 0 Å². The van der Waals surface area contributed by atoms with Gasteiger partial charge in [0.25, 0.3) is 0 Å². The van der Waals surface area contributed by atoms with E-state index in [-0.39, 0.29) is 41.3 Å². The summed E-state index contributed by atoms with van der Waals surface area (Å²) in [6.45, 7) is 0. The number of hydrogen-bond acceptors (Lipinski definition) is 2. The predicted molar refractivity (Wildman–Crippen MR) is 41.6 cm³/mol. The Morgan fingerprint density at radius 3 is 2.67 bits per heavy atom. The molecule has 0 aliphatic heterocycles. The number of nitrogens with one attached hydrogen (secondary N) is 1. The van der Waals surface area contributed by atoms with E-state index in [9.17, 15) is 4.79 Å². The van der Waals surface area contributed by atoms with Crippen molar-refractivity contribution in [2.45, 2.75) is 0 Å². The van der Waals surface area contributed by atoms with Crippen LogP contribution < -0.4 is 4.74 Å². The minimum atomic E-state index is -0.691. The van der Waals surface area contributed by atoms with E-state index in [0.29, 0.717) is 11.3 Å². The molecule has 58 valence electrons. The van der Waals surface area contributed by atoms with Crippen molar-refractivity contribution in [2.75, 3.05) is 7.11 Å². The second kappa shape index (κ2) is 5.49. The minimum absolute atomic E-state index is 0. The van der Waals surface area contributed by atoms with Gasteiger partial charge in [0.05, 0.1) is 13.0 Å². The molecule has 3 nitrogen and oxygen atoms in total. The van der Waals surface area contributed by atoms with Crippen LogP contribution in [-0.4, -0.2) is 13.0 Å². The quantitative estimate of drug-likeness (QED) is 0.835. The van der Waals surface area contributed by atoms with Crippen LogP contribution in [0.3, 0.4) is 0 Å². The van der Waals surface area contributed by atoms with Gasteiger partial charge < -0.3 is 15.3 Å². The maximum Gasteiger partial charge on any atom is 3.00 e. The first-order chi connectivity index (χ1) is 5.24. The molecule has 0 unspecified atom stereocenters.